The van der Waals surface area contributed by atoms with Gasteiger partial charge >= 0.3 is 0 Å². The molecule has 0 aliphatic carbocycles. The van der Waals surface area contributed by atoms with Crippen LogP contribution in [0.4, 0.5) is 4.39 Å². The van der Waals surface area contributed by atoms with Crippen molar-refractivity contribution >= 4 is 11.8 Å². The number of rotatable bonds is 6. The fourth-order valence-electron chi connectivity index (χ4n) is 1.63. The Morgan fingerprint density at radius 2 is 2.27 bits per heavy atom. The Kier molecular flexibility index (Phi) is 5.73. The first-order valence-corrected chi connectivity index (χ1v) is 6.62. The third kappa shape index (κ3) is 4.67. The summed E-state index contributed by atoms with van der Waals surface area (Å²) in [5.74, 6) is 0.913. The molecule has 0 spiro atoms. The fourth-order valence-corrected chi connectivity index (χ4v) is 2.27. The molecule has 0 amide bonds. The zero-order valence-corrected chi connectivity index (χ0v) is 10.1. The molecule has 0 radical (unpaired) electrons. The molecule has 15 heavy (non-hydrogen) atoms. The van der Waals surface area contributed by atoms with Gasteiger partial charge in [0.1, 0.15) is 5.82 Å². The number of nitrogens with one attached hydrogen (secondary N) is 1. The van der Waals surface area contributed by atoms with Gasteiger partial charge in [-0.25, -0.2) is 4.39 Å². The van der Waals surface area contributed by atoms with E-state index < -0.39 is 0 Å². The van der Waals surface area contributed by atoms with Gasteiger partial charge < -0.3 is 5.32 Å². The molecule has 1 atom stereocenters. The van der Waals surface area contributed by atoms with E-state index in [2.05, 4.69) is 18.5 Å². The lowest BCUT2D eigenvalue weighted by atomic mass is 10.1. The predicted octanol–water partition coefficient (Wildman–Crippen LogP) is 2.71. The molecule has 1 rings (SSSR count). The second kappa shape index (κ2) is 6.85. The highest BCUT2D eigenvalue weighted by Gasteiger charge is 2.07. The van der Waals surface area contributed by atoms with Gasteiger partial charge in [0, 0.05) is 11.8 Å². The van der Waals surface area contributed by atoms with Crippen LogP contribution in [-0.4, -0.2) is 24.6 Å². The van der Waals surface area contributed by atoms with Gasteiger partial charge in [-0.1, -0.05) is 19.1 Å². The summed E-state index contributed by atoms with van der Waals surface area (Å²) in [4.78, 5) is 0. The lowest BCUT2D eigenvalue weighted by Gasteiger charge is -2.16. The molecule has 84 valence electrons. The number of hydrogen-bond acceptors (Lipinski definition) is 2. The van der Waals surface area contributed by atoms with Crippen molar-refractivity contribution < 1.29 is 4.39 Å². The van der Waals surface area contributed by atoms with Gasteiger partial charge in [-0.2, -0.15) is 11.8 Å². The van der Waals surface area contributed by atoms with Gasteiger partial charge in [0.05, 0.1) is 0 Å². The lowest BCUT2D eigenvalue weighted by molar-refractivity contribution is 0.568. The third-order valence-electron chi connectivity index (χ3n) is 2.23. The maximum Gasteiger partial charge on any atom is 0.123 e. The monoisotopic (exact) mass is 227 g/mol. The van der Waals surface area contributed by atoms with E-state index in [4.69, 9.17) is 0 Å². The fraction of sp³-hybridized carbons (Fsp3) is 0.500. The van der Waals surface area contributed by atoms with E-state index >= 15 is 0 Å². The highest BCUT2D eigenvalue weighted by atomic mass is 32.2. The summed E-state index contributed by atoms with van der Waals surface area (Å²) in [6.07, 6.45) is 2.99. The van der Waals surface area contributed by atoms with Gasteiger partial charge in [-0.05, 0) is 36.9 Å². The standard InChI is InChI=1S/C12H18FNS/c1-3-14-12(9-15-2)8-10-5-4-6-11(13)7-10/h4-7,12,14H,3,8-9H2,1-2H3. The van der Waals surface area contributed by atoms with Crippen LogP contribution < -0.4 is 5.32 Å². The van der Waals surface area contributed by atoms with Crippen molar-refractivity contribution in [1.82, 2.24) is 5.32 Å². The molecule has 1 aromatic rings. The minimum absolute atomic E-state index is 0.146. The van der Waals surface area contributed by atoms with E-state index in [1.165, 1.54) is 6.07 Å². The van der Waals surface area contributed by atoms with Gasteiger partial charge in [0.2, 0.25) is 0 Å². The first-order valence-electron chi connectivity index (χ1n) is 5.23. The SMILES string of the molecule is CCNC(CSC)Cc1cccc(F)c1. The summed E-state index contributed by atoms with van der Waals surface area (Å²) in [5.41, 5.74) is 1.06. The van der Waals surface area contributed by atoms with E-state index in [1.54, 1.807) is 12.1 Å². The van der Waals surface area contributed by atoms with Crippen LogP contribution in [0.25, 0.3) is 0 Å². The maximum atomic E-state index is 13.0. The second-order valence-corrected chi connectivity index (χ2v) is 4.45. The van der Waals surface area contributed by atoms with Crippen LogP contribution in [0.5, 0.6) is 0 Å². The molecular weight excluding hydrogens is 209 g/mol. The minimum Gasteiger partial charge on any atom is -0.313 e. The van der Waals surface area contributed by atoms with Crippen LogP contribution in [0.1, 0.15) is 12.5 Å². The Balaban J connectivity index is 2.56. The quantitative estimate of drug-likeness (QED) is 0.802. The minimum atomic E-state index is -0.146. The summed E-state index contributed by atoms with van der Waals surface area (Å²) >= 11 is 1.82. The highest BCUT2D eigenvalue weighted by molar-refractivity contribution is 7.98. The van der Waals surface area contributed by atoms with Crippen molar-refractivity contribution in [3.05, 3.63) is 35.6 Å². The Bertz CT molecular complexity index is 285. The smallest absolute Gasteiger partial charge is 0.123 e. The Hall–Kier alpha value is -0.540. The normalized spacial score (nSPS) is 12.7. The first-order chi connectivity index (χ1) is 7.26. The molecule has 0 fully saturated rings. The number of halogens is 1. The van der Waals surface area contributed by atoms with E-state index in [0.717, 1.165) is 24.3 Å². The summed E-state index contributed by atoms with van der Waals surface area (Å²) in [7, 11) is 0. The zero-order chi connectivity index (χ0) is 11.1. The summed E-state index contributed by atoms with van der Waals surface area (Å²) in [6, 6.07) is 7.29. The van der Waals surface area contributed by atoms with Crippen molar-refractivity contribution in [2.24, 2.45) is 0 Å². The molecule has 0 aliphatic heterocycles. The van der Waals surface area contributed by atoms with Gasteiger partial charge in [0.25, 0.3) is 0 Å². The number of hydrogen-bond donors (Lipinski definition) is 1. The highest BCUT2D eigenvalue weighted by Crippen LogP contribution is 2.09. The average molecular weight is 227 g/mol. The molecule has 0 heterocycles. The molecule has 1 unspecified atom stereocenters. The van der Waals surface area contributed by atoms with E-state index in [1.807, 2.05) is 17.8 Å². The van der Waals surface area contributed by atoms with Crippen LogP contribution >= 0.6 is 11.8 Å². The molecule has 0 saturated carbocycles. The van der Waals surface area contributed by atoms with E-state index in [-0.39, 0.29) is 5.82 Å². The maximum absolute atomic E-state index is 13.0. The van der Waals surface area contributed by atoms with Crippen molar-refractivity contribution in [3.63, 3.8) is 0 Å². The van der Waals surface area contributed by atoms with Crippen LogP contribution in [-0.2, 0) is 6.42 Å². The van der Waals surface area contributed by atoms with E-state index in [0.29, 0.717) is 6.04 Å². The van der Waals surface area contributed by atoms with Crippen LogP contribution in [0, 0.1) is 5.82 Å². The summed E-state index contributed by atoms with van der Waals surface area (Å²) < 4.78 is 13.0. The topological polar surface area (TPSA) is 12.0 Å². The Labute approximate surface area is 95.5 Å². The Morgan fingerprint density at radius 1 is 1.47 bits per heavy atom. The molecule has 0 aromatic heterocycles. The van der Waals surface area contributed by atoms with Gasteiger partial charge in [-0.15, -0.1) is 0 Å². The van der Waals surface area contributed by atoms with Crippen LogP contribution in [0.3, 0.4) is 0 Å². The largest absolute Gasteiger partial charge is 0.313 e. The summed E-state index contributed by atoms with van der Waals surface area (Å²) in [6.45, 7) is 3.06. The predicted molar refractivity (Wildman–Crippen MR) is 66.0 cm³/mol. The van der Waals surface area contributed by atoms with E-state index in [9.17, 15) is 4.39 Å². The molecule has 3 heteroatoms. The molecule has 0 bridgehead atoms. The van der Waals surface area contributed by atoms with Gasteiger partial charge in [-0.3, -0.25) is 0 Å². The zero-order valence-electron chi connectivity index (χ0n) is 9.29. The van der Waals surface area contributed by atoms with Crippen LogP contribution in [0.15, 0.2) is 24.3 Å². The number of benzene rings is 1. The molecule has 1 nitrogen and oxygen atoms in total. The molecular formula is C12H18FNS. The third-order valence-corrected chi connectivity index (χ3v) is 2.97. The summed E-state index contributed by atoms with van der Waals surface area (Å²) in [5, 5.41) is 3.41. The molecule has 1 N–H and O–H groups in total. The number of likely N-dealkylation sites (N-methyl/N-ethyl adjacent to an activating group) is 1. The molecule has 0 aliphatic rings. The molecule has 0 saturated heterocycles. The molecule has 1 aromatic carbocycles. The second-order valence-electron chi connectivity index (χ2n) is 3.54. The van der Waals surface area contributed by atoms with Crippen molar-refractivity contribution in [2.75, 3.05) is 18.6 Å². The van der Waals surface area contributed by atoms with Gasteiger partial charge in [0.15, 0.2) is 0 Å². The van der Waals surface area contributed by atoms with Crippen LogP contribution in [0.2, 0.25) is 0 Å². The lowest BCUT2D eigenvalue weighted by Crippen LogP contribution is -2.33. The first kappa shape index (κ1) is 12.5. The van der Waals surface area contributed by atoms with Crippen molar-refractivity contribution in [2.45, 2.75) is 19.4 Å². The van der Waals surface area contributed by atoms with Crippen molar-refractivity contribution in [1.29, 1.82) is 0 Å². The number of thioether (sulfide) groups is 1. The van der Waals surface area contributed by atoms with Crippen molar-refractivity contribution in [3.8, 4) is 0 Å². The average Bonchev–Trinajstić information content (AvgIpc) is 2.18. The Morgan fingerprint density at radius 3 is 2.87 bits per heavy atom.